The molecule has 5 nitrogen and oxygen atoms in total. The van der Waals surface area contributed by atoms with Gasteiger partial charge in [-0.25, -0.2) is 9.18 Å². The molecular weight excluding hydrogens is 309 g/mol. The predicted molar refractivity (Wildman–Crippen MR) is 93.4 cm³/mol. The Labute approximate surface area is 141 Å². The number of H-pyrrole nitrogens is 1. The number of hydrogen-bond donors (Lipinski definition) is 4. The van der Waals surface area contributed by atoms with E-state index in [4.69, 9.17) is 0 Å². The predicted octanol–water partition coefficient (Wildman–Crippen LogP) is 2.95. The molecule has 2 amide bonds. The lowest BCUT2D eigenvalue weighted by Crippen LogP contribution is -2.42. The molecule has 24 heavy (non-hydrogen) atoms. The van der Waals surface area contributed by atoms with E-state index in [1.54, 1.807) is 13.0 Å². The van der Waals surface area contributed by atoms with Crippen LogP contribution in [0.15, 0.2) is 24.4 Å². The van der Waals surface area contributed by atoms with Crippen molar-refractivity contribution in [3.8, 4) is 0 Å². The minimum absolute atomic E-state index is 0.160. The summed E-state index contributed by atoms with van der Waals surface area (Å²) in [6.45, 7) is 6.74. The second-order valence-corrected chi connectivity index (χ2v) is 7.08. The number of rotatable bonds is 7. The third-order valence-corrected chi connectivity index (χ3v) is 3.98. The Kier molecular flexibility index (Phi) is 5.83. The molecule has 0 bridgehead atoms. The first-order valence-corrected chi connectivity index (χ1v) is 8.22. The number of carbonyl (C=O) groups excluding carboxylic acids is 1. The number of urea groups is 1. The fraction of sp³-hybridized carbons (Fsp3) is 0.500. The third kappa shape index (κ3) is 5.23. The molecule has 6 heteroatoms. The molecule has 0 aliphatic carbocycles. The summed E-state index contributed by atoms with van der Waals surface area (Å²) in [5, 5.41) is 16.1. The standard InChI is InChI=1S/C18H26FN3O2/c1-12(23)9-18(2,3)11-22-17(24)20-7-6-13-10-21-16-8-14(19)4-5-15(13)16/h4-5,8,10,12,21,23H,6-7,9,11H2,1-3H3,(H2,20,22,24). The topological polar surface area (TPSA) is 77.2 Å². The van der Waals surface area contributed by atoms with Crippen molar-refractivity contribution in [1.82, 2.24) is 15.6 Å². The Morgan fingerprint density at radius 1 is 1.38 bits per heavy atom. The number of fused-ring (bicyclic) bond motifs is 1. The lowest BCUT2D eigenvalue weighted by atomic mass is 9.87. The van der Waals surface area contributed by atoms with Gasteiger partial charge in [0, 0.05) is 30.2 Å². The molecule has 1 aromatic carbocycles. The molecule has 1 heterocycles. The minimum atomic E-state index is -0.392. The van der Waals surface area contributed by atoms with E-state index in [0.29, 0.717) is 25.9 Å². The van der Waals surface area contributed by atoms with Gasteiger partial charge in [0.1, 0.15) is 5.82 Å². The van der Waals surface area contributed by atoms with Crippen molar-refractivity contribution in [2.24, 2.45) is 5.41 Å². The zero-order valence-electron chi connectivity index (χ0n) is 14.4. The van der Waals surface area contributed by atoms with E-state index in [2.05, 4.69) is 15.6 Å². The molecule has 0 radical (unpaired) electrons. The Balaban J connectivity index is 1.78. The number of halogens is 1. The van der Waals surface area contributed by atoms with Crippen molar-refractivity contribution in [2.75, 3.05) is 13.1 Å². The molecule has 2 aromatic rings. The Morgan fingerprint density at radius 3 is 2.83 bits per heavy atom. The van der Waals surface area contributed by atoms with Crippen LogP contribution in [0, 0.1) is 11.2 Å². The van der Waals surface area contributed by atoms with E-state index in [1.807, 2.05) is 20.0 Å². The summed E-state index contributed by atoms with van der Waals surface area (Å²) in [6.07, 6.45) is 2.74. The SMILES string of the molecule is CC(O)CC(C)(C)CNC(=O)NCCc1c[nH]c2cc(F)ccc12. The highest BCUT2D eigenvalue weighted by atomic mass is 19.1. The van der Waals surface area contributed by atoms with Crippen molar-refractivity contribution in [3.63, 3.8) is 0 Å². The Morgan fingerprint density at radius 2 is 2.12 bits per heavy atom. The van der Waals surface area contributed by atoms with E-state index >= 15 is 0 Å². The largest absolute Gasteiger partial charge is 0.393 e. The summed E-state index contributed by atoms with van der Waals surface area (Å²) in [5.74, 6) is -0.270. The van der Waals surface area contributed by atoms with Crippen LogP contribution in [-0.2, 0) is 6.42 Å². The van der Waals surface area contributed by atoms with E-state index in [1.165, 1.54) is 12.1 Å². The molecule has 1 atom stereocenters. The first-order valence-electron chi connectivity index (χ1n) is 8.22. The zero-order chi connectivity index (χ0) is 17.7. The number of aromatic amines is 1. The number of aromatic nitrogens is 1. The molecule has 0 saturated heterocycles. The van der Waals surface area contributed by atoms with Gasteiger partial charge in [-0.3, -0.25) is 0 Å². The van der Waals surface area contributed by atoms with Gasteiger partial charge in [0.25, 0.3) is 0 Å². The lowest BCUT2D eigenvalue weighted by molar-refractivity contribution is 0.129. The monoisotopic (exact) mass is 335 g/mol. The summed E-state index contributed by atoms with van der Waals surface area (Å²) >= 11 is 0. The fourth-order valence-corrected chi connectivity index (χ4v) is 2.93. The maximum Gasteiger partial charge on any atom is 0.314 e. The minimum Gasteiger partial charge on any atom is -0.393 e. The van der Waals surface area contributed by atoms with Gasteiger partial charge in [-0.2, -0.15) is 0 Å². The van der Waals surface area contributed by atoms with Crippen LogP contribution in [0.25, 0.3) is 10.9 Å². The first kappa shape index (κ1) is 18.3. The van der Waals surface area contributed by atoms with Crippen LogP contribution in [-0.4, -0.2) is 35.3 Å². The zero-order valence-corrected chi connectivity index (χ0v) is 14.4. The van der Waals surface area contributed by atoms with Gasteiger partial charge < -0.3 is 20.7 Å². The van der Waals surface area contributed by atoms with E-state index in [-0.39, 0.29) is 17.3 Å². The van der Waals surface area contributed by atoms with Crippen LogP contribution < -0.4 is 10.6 Å². The summed E-state index contributed by atoms with van der Waals surface area (Å²) in [4.78, 5) is 14.9. The number of nitrogens with one attached hydrogen (secondary N) is 3. The van der Waals surface area contributed by atoms with Crippen LogP contribution >= 0.6 is 0 Å². The number of hydrogen-bond acceptors (Lipinski definition) is 2. The van der Waals surface area contributed by atoms with Crippen molar-refractivity contribution < 1.29 is 14.3 Å². The molecule has 2 rings (SSSR count). The molecule has 0 saturated carbocycles. The number of benzene rings is 1. The van der Waals surface area contributed by atoms with Crippen LogP contribution in [0.1, 0.15) is 32.8 Å². The maximum atomic E-state index is 13.2. The molecule has 1 aromatic heterocycles. The van der Waals surface area contributed by atoms with Gasteiger partial charge in [0.2, 0.25) is 0 Å². The van der Waals surface area contributed by atoms with E-state index < -0.39 is 6.10 Å². The summed E-state index contributed by atoms with van der Waals surface area (Å²) in [7, 11) is 0. The van der Waals surface area contributed by atoms with Crippen molar-refractivity contribution in [2.45, 2.75) is 39.7 Å². The third-order valence-electron chi connectivity index (χ3n) is 3.98. The van der Waals surface area contributed by atoms with Gasteiger partial charge >= 0.3 is 6.03 Å². The van der Waals surface area contributed by atoms with Gasteiger partial charge in [0.15, 0.2) is 0 Å². The average molecular weight is 335 g/mol. The number of amides is 2. The summed E-state index contributed by atoms with van der Waals surface area (Å²) < 4.78 is 13.2. The van der Waals surface area contributed by atoms with E-state index in [0.717, 1.165) is 16.5 Å². The van der Waals surface area contributed by atoms with Gasteiger partial charge in [-0.05, 0) is 48.9 Å². The highest BCUT2D eigenvalue weighted by molar-refractivity contribution is 5.83. The molecule has 1 unspecified atom stereocenters. The average Bonchev–Trinajstić information content (AvgIpc) is 2.86. The van der Waals surface area contributed by atoms with Crippen LogP contribution in [0.2, 0.25) is 0 Å². The molecular formula is C18H26FN3O2. The summed E-state index contributed by atoms with van der Waals surface area (Å²) in [5.41, 5.74) is 1.64. The smallest absolute Gasteiger partial charge is 0.314 e. The molecule has 0 aliphatic rings. The summed E-state index contributed by atoms with van der Waals surface area (Å²) in [6, 6.07) is 4.42. The van der Waals surface area contributed by atoms with Gasteiger partial charge in [-0.1, -0.05) is 13.8 Å². The van der Waals surface area contributed by atoms with Crippen LogP contribution in [0.4, 0.5) is 9.18 Å². The number of carbonyl (C=O) groups is 1. The number of aliphatic hydroxyl groups is 1. The number of aliphatic hydroxyl groups excluding tert-OH is 1. The Bertz CT molecular complexity index is 695. The van der Waals surface area contributed by atoms with Gasteiger partial charge in [0.05, 0.1) is 6.10 Å². The van der Waals surface area contributed by atoms with E-state index in [9.17, 15) is 14.3 Å². The van der Waals surface area contributed by atoms with Gasteiger partial charge in [-0.15, -0.1) is 0 Å². The molecule has 4 N–H and O–H groups in total. The first-order chi connectivity index (χ1) is 11.3. The Hall–Kier alpha value is -2.08. The van der Waals surface area contributed by atoms with Crippen molar-refractivity contribution in [1.29, 1.82) is 0 Å². The molecule has 0 spiro atoms. The maximum absolute atomic E-state index is 13.2. The second kappa shape index (κ2) is 7.66. The van der Waals surface area contributed by atoms with Crippen molar-refractivity contribution >= 4 is 16.9 Å². The highest BCUT2D eigenvalue weighted by Gasteiger charge is 2.20. The van der Waals surface area contributed by atoms with Crippen molar-refractivity contribution in [3.05, 3.63) is 35.8 Å². The van der Waals surface area contributed by atoms with Crippen LogP contribution in [0.5, 0.6) is 0 Å². The van der Waals surface area contributed by atoms with Crippen LogP contribution in [0.3, 0.4) is 0 Å². The molecule has 0 fully saturated rings. The lowest BCUT2D eigenvalue weighted by Gasteiger charge is -2.26. The second-order valence-electron chi connectivity index (χ2n) is 7.08. The highest BCUT2D eigenvalue weighted by Crippen LogP contribution is 2.21. The quantitative estimate of drug-likeness (QED) is 0.628. The molecule has 0 aliphatic heterocycles. The fourth-order valence-electron chi connectivity index (χ4n) is 2.93. The molecule has 132 valence electrons. The normalized spacial score (nSPS) is 13.0.